The molecule has 3 nitrogen and oxygen atoms in total. The summed E-state index contributed by atoms with van der Waals surface area (Å²) >= 11 is 6.10. The lowest BCUT2D eigenvalue weighted by Gasteiger charge is -2.26. The molecule has 0 spiro atoms. The van der Waals surface area contributed by atoms with Crippen LogP contribution in [0.4, 0.5) is 5.69 Å². The van der Waals surface area contributed by atoms with Crippen molar-refractivity contribution in [2.45, 2.75) is 19.9 Å². The number of likely N-dealkylation sites (N-methyl/N-ethyl adjacent to an activating group) is 1. The van der Waals surface area contributed by atoms with Crippen LogP contribution in [0.1, 0.15) is 12.6 Å². The Kier molecular flexibility index (Phi) is 3.72. The number of pyridine rings is 1. The molecular formula is C10H15ClN2O. The van der Waals surface area contributed by atoms with E-state index in [-0.39, 0.29) is 12.6 Å². The fourth-order valence-corrected chi connectivity index (χ4v) is 1.41. The van der Waals surface area contributed by atoms with Gasteiger partial charge >= 0.3 is 0 Å². The second-order valence-corrected chi connectivity index (χ2v) is 3.75. The number of hydrogen-bond acceptors (Lipinski definition) is 3. The molecule has 1 aromatic heterocycles. The summed E-state index contributed by atoms with van der Waals surface area (Å²) in [6.07, 6.45) is 1.72. The summed E-state index contributed by atoms with van der Waals surface area (Å²) in [5.41, 5.74) is 1.71. The highest BCUT2D eigenvalue weighted by molar-refractivity contribution is 6.33. The third kappa shape index (κ3) is 2.16. The summed E-state index contributed by atoms with van der Waals surface area (Å²) in [6, 6.07) is 1.90. The van der Waals surface area contributed by atoms with Crippen molar-refractivity contribution in [2.75, 3.05) is 18.6 Å². The maximum Gasteiger partial charge on any atom is 0.0851 e. The minimum Gasteiger partial charge on any atom is -0.394 e. The molecule has 14 heavy (non-hydrogen) atoms. The van der Waals surface area contributed by atoms with Gasteiger partial charge in [-0.25, -0.2) is 0 Å². The summed E-state index contributed by atoms with van der Waals surface area (Å²) in [4.78, 5) is 6.03. The van der Waals surface area contributed by atoms with E-state index in [1.165, 1.54) is 0 Å². The third-order valence-corrected chi connectivity index (χ3v) is 2.82. The Hall–Kier alpha value is -0.800. The van der Waals surface area contributed by atoms with Crippen molar-refractivity contribution in [3.8, 4) is 0 Å². The average Bonchev–Trinajstić information content (AvgIpc) is 2.20. The number of aliphatic hydroxyl groups is 1. The largest absolute Gasteiger partial charge is 0.394 e. The van der Waals surface area contributed by atoms with Gasteiger partial charge in [0.25, 0.3) is 0 Å². The molecule has 4 heteroatoms. The van der Waals surface area contributed by atoms with E-state index in [0.717, 1.165) is 11.4 Å². The van der Waals surface area contributed by atoms with Gasteiger partial charge < -0.3 is 10.0 Å². The van der Waals surface area contributed by atoms with E-state index in [1.54, 1.807) is 6.20 Å². The SMILES string of the molecule is Cc1nccc(N(C)C(C)CO)c1Cl. The predicted molar refractivity (Wildman–Crippen MR) is 58.9 cm³/mol. The van der Waals surface area contributed by atoms with Crippen molar-refractivity contribution in [1.29, 1.82) is 0 Å². The normalized spacial score (nSPS) is 12.6. The second kappa shape index (κ2) is 4.62. The first-order valence-electron chi connectivity index (χ1n) is 4.52. The first-order valence-corrected chi connectivity index (χ1v) is 4.90. The molecule has 1 rings (SSSR count). The number of aryl methyl sites for hydroxylation is 1. The zero-order chi connectivity index (χ0) is 10.7. The van der Waals surface area contributed by atoms with Crippen molar-refractivity contribution in [2.24, 2.45) is 0 Å². The molecule has 0 aliphatic carbocycles. The maximum atomic E-state index is 9.03. The number of halogens is 1. The predicted octanol–water partition coefficient (Wildman–Crippen LogP) is 1.86. The number of rotatable bonds is 3. The van der Waals surface area contributed by atoms with E-state index in [9.17, 15) is 0 Å². The molecule has 0 fully saturated rings. The van der Waals surface area contributed by atoms with Crippen LogP contribution in [-0.4, -0.2) is 29.8 Å². The average molecular weight is 215 g/mol. The first-order chi connectivity index (χ1) is 6.57. The van der Waals surface area contributed by atoms with E-state index in [2.05, 4.69) is 4.98 Å². The van der Waals surface area contributed by atoms with Gasteiger partial charge in [0.05, 0.1) is 23.0 Å². The number of aromatic nitrogens is 1. The van der Waals surface area contributed by atoms with Gasteiger partial charge in [-0.2, -0.15) is 0 Å². The lowest BCUT2D eigenvalue weighted by Crippen LogP contribution is -2.32. The molecule has 0 radical (unpaired) electrons. The molecule has 1 aromatic rings. The van der Waals surface area contributed by atoms with Crippen LogP contribution in [0.25, 0.3) is 0 Å². The fourth-order valence-electron chi connectivity index (χ4n) is 1.17. The van der Waals surface area contributed by atoms with Crippen LogP contribution in [0, 0.1) is 6.92 Å². The number of hydrogen-bond donors (Lipinski definition) is 1. The smallest absolute Gasteiger partial charge is 0.0851 e. The van der Waals surface area contributed by atoms with Crippen LogP contribution in [-0.2, 0) is 0 Å². The minimum atomic E-state index is 0.0503. The molecule has 1 heterocycles. The molecule has 1 unspecified atom stereocenters. The van der Waals surface area contributed by atoms with Gasteiger partial charge in [-0.05, 0) is 19.9 Å². The van der Waals surface area contributed by atoms with Gasteiger partial charge in [0.2, 0.25) is 0 Å². The molecule has 0 bridgehead atoms. The summed E-state index contributed by atoms with van der Waals surface area (Å²) in [5.74, 6) is 0. The van der Waals surface area contributed by atoms with Gasteiger partial charge in [0, 0.05) is 19.3 Å². The monoisotopic (exact) mass is 214 g/mol. The molecule has 0 aromatic carbocycles. The summed E-state index contributed by atoms with van der Waals surface area (Å²) in [6.45, 7) is 3.91. The lowest BCUT2D eigenvalue weighted by atomic mass is 10.2. The van der Waals surface area contributed by atoms with Crippen molar-refractivity contribution in [3.05, 3.63) is 23.0 Å². The van der Waals surface area contributed by atoms with E-state index >= 15 is 0 Å². The van der Waals surface area contributed by atoms with Crippen LogP contribution >= 0.6 is 11.6 Å². The Bertz CT molecular complexity index is 317. The highest BCUT2D eigenvalue weighted by Gasteiger charge is 2.13. The van der Waals surface area contributed by atoms with Crippen molar-refractivity contribution >= 4 is 17.3 Å². The van der Waals surface area contributed by atoms with E-state index in [1.807, 2.05) is 31.9 Å². The number of aliphatic hydroxyl groups excluding tert-OH is 1. The van der Waals surface area contributed by atoms with E-state index in [4.69, 9.17) is 16.7 Å². The van der Waals surface area contributed by atoms with Crippen LogP contribution in [0.3, 0.4) is 0 Å². The lowest BCUT2D eigenvalue weighted by molar-refractivity contribution is 0.270. The third-order valence-electron chi connectivity index (χ3n) is 2.35. The van der Waals surface area contributed by atoms with Crippen LogP contribution in [0.2, 0.25) is 5.02 Å². The quantitative estimate of drug-likeness (QED) is 0.835. The fraction of sp³-hybridized carbons (Fsp3) is 0.500. The minimum absolute atomic E-state index is 0.0503. The molecule has 1 N–H and O–H groups in total. The van der Waals surface area contributed by atoms with Gasteiger partial charge in [-0.15, -0.1) is 0 Å². The molecule has 0 saturated carbocycles. The zero-order valence-electron chi connectivity index (χ0n) is 8.66. The molecule has 0 saturated heterocycles. The van der Waals surface area contributed by atoms with E-state index < -0.39 is 0 Å². The Morgan fingerprint density at radius 3 is 2.86 bits per heavy atom. The molecule has 78 valence electrons. The summed E-state index contributed by atoms with van der Waals surface area (Å²) in [7, 11) is 1.90. The molecule has 0 aliphatic heterocycles. The molecule has 1 atom stereocenters. The molecule has 0 aliphatic rings. The Labute approximate surface area is 89.3 Å². The Morgan fingerprint density at radius 2 is 2.29 bits per heavy atom. The Morgan fingerprint density at radius 1 is 1.64 bits per heavy atom. The van der Waals surface area contributed by atoms with Crippen molar-refractivity contribution in [3.63, 3.8) is 0 Å². The molecular weight excluding hydrogens is 200 g/mol. The van der Waals surface area contributed by atoms with Gasteiger partial charge in [-0.3, -0.25) is 4.98 Å². The van der Waals surface area contributed by atoms with Crippen molar-refractivity contribution in [1.82, 2.24) is 4.98 Å². The molecule has 0 amide bonds. The second-order valence-electron chi connectivity index (χ2n) is 3.37. The first kappa shape index (κ1) is 11.3. The van der Waals surface area contributed by atoms with Crippen LogP contribution in [0.5, 0.6) is 0 Å². The van der Waals surface area contributed by atoms with E-state index in [0.29, 0.717) is 5.02 Å². The van der Waals surface area contributed by atoms with Gasteiger partial charge in [-0.1, -0.05) is 11.6 Å². The topological polar surface area (TPSA) is 36.4 Å². The van der Waals surface area contributed by atoms with Crippen LogP contribution in [0.15, 0.2) is 12.3 Å². The highest BCUT2D eigenvalue weighted by Crippen LogP contribution is 2.27. The maximum absolute atomic E-state index is 9.03. The van der Waals surface area contributed by atoms with Gasteiger partial charge in [0.15, 0.2) is 0 Å². The number of anilines is 1. The van der Waals surface area contributed by atoms with Crippen molar-refractivity contribution < 1.29 is 5.11 Å². The Balaban J connectivity index is 3.01. The number of nitrogens with zero attached hydrogens (tertiary/aromatic N) is 2. The zero-order valence-corrected chi connectivity index (χ0v) is 9.41. The summed E-state index contributed by atoms with van der Waals surface area (Å²) < 4.78 is 0. The highest BCUT2D eigenvalue weighted by atomic mass is 35.5. The van der Waals surface area contributed by atoms with Crippen LogP contribution < -0.4 is 4.90 Å². The van der Waals surface area contributed by atoms with Gasteiger partial charge in [0.1, 0.15) is 0 Å². The standard InChI is InChI=1S/C10H15ClN2O/c1-7(6-14)13(3)9-4-5-12-8(2)10(9)11/h4-5,7,14H,6H2,1-3H3. The summed E-state index contributed by atoms with van der Waals surface area (Å²) in [5, 5.41) is 9.67.